The highest BCUT2D eigenvalue weighted by Crippen LogP contribution is 2.18. The molecule has 0 bridgehead atoms. The topological polar surface area (TPSA) is 71.1 Å². The fraction of sp³-hybridized carbons (Fsp3) is 0.0952. The van der Waals surface area contributed by atoms with Gasteiger partial charge in [0.25, 0.3) is 11.8 Å². The first-order chi connectivity index (χ1) is 13.0. The summed E-state index contributed by atoms with van der Waals surface area (Å²) >= 11 is 6.00. The third-order valence-corrected chi connectivity index (χ3v) is 4.24. The zero-order valence-electron chi connectivity index (χ0n) is 14.6. The monoisotopic (exact) mass is 379 g/mol. The SMILES string of the molecule is CC(NC(=O)c1cccc(NC(=O)c2cccnc2)c1)c1cccc(Cl)c1. The second-order valence-corrected chi connectivity index (χ2v) is 6.46. The molecule has 5 nitrogen and oxygen atoms in total. The Bertz CT molecular complexity index is 960. The maximum absolute atomic E-state index is 12.6. The number of hydrogen-bond acceptors (Lipinski definition) is 3. The van der Waals surface area contributed by atoms with E-state index in [4.69, 9.17) is 11.6 Å². The number of nitrogens with zero attached hydrogens (tertiary/aromatic N) is 1. The highest BCUT2D eigenvalue weighted by Gasteiger charge is 2.13. The molecule has 3 aromatic rings. The normalized spacial score (nSPS) is 11.5. The molecule has 1 aromatic heterocycles. The molecule has 136 valence electrons. The minimum absolute atomic E-state index is 0.204. The van der Waals surface area contributed by atoms with Crippen LogP contribution < -0.4 is 10.6 Å². The lowest BCUT2D eigenvalue weighted by atomic mass is 10.1. The van der Waals surface area contributed by atoms with Gasteiger partial charge in [-0.2, -0.15) is 0 Å². The van der Waals surface area contributed by atoms with Gasteiger partial charge in [0.2, 0.25) is 0 Å². The Morgan fingerprint density at radius 1 is 0.963 bits per heavy atom. The van der Waals surface area contributed by atoms with Crippen LogP contribution in [-0.2, 0) is 0 Å². The Morgan fingerprint density at radius 3 is 2.48 bits per heavy atom. The van der Waals surface area contributed by atoms with E-state index in [2.05, 4.69) is 15.6 Å². The Hall–Kier alpha value is -3.18. The van der Waals surface area contributed by atoms with Gasteiger partial charge in [0.05, 0.1) is 11.6 Å². The molecular formula is C21H18ClN3O2. The zero-order valence-corrected chi connectivity index (χ0v) is 15.4. The van der Waals surface area contributed by atoms with E-state index in [1.54, 1.807) is 48.7 Å². The van der Waals surface area contributed by atoms with Gasteiger partial charge >= 0.3 is 0 Å². The molecule has 0 radical (unpaired) electrons. The first-order valence-corrected chi connectivity index (χ1v) is 8.78. The number of halogens is 1. The number of carbonyl (C=O) groups excluding carboxylic acids is 2. The maximum Gasteiger partial charge on any atom is 0.257 e. The fourth-order valence-corrected chi connectivity index (χ4v) is 2.78. The molecule has 27 heavy (non-hydrogen) atoms. The second kappa shape index (κ2) is 8.47. The van der Waals surface area contributed by atoms with E-state index in [-0.39, 0.29) is 17.9 Å². The van der Waals surface area contributed by atoms with Crippen molar-refractivity contribution in [2.45, 2.75) is 13.0 Å². The number of amides is 2. The summed E-state index contributed by atoms with van der Waals surface area (Å²) in [6, 6.07) is 17.3. The molecule has 0 fully saturated rings. The quantitative estimate of drug-likeness (QED) is 0.686. The van der Waals surface area contributed by atoms with Gasteiger partial charge in [-0.1, -0.05) is 29.8 Å². The molecule has 2 amide bonds. The number of anilines is 1. The molecule has 0 spiro atoms. The van der Waals surface area contributed by atoms with E-state index >= 15 is 0 Å². The summed E-state index contributed by atoms with van der Waals surface area (Å²) in [4.78, 5) is 28.7. The third kappa shape index (κ3) is 4.92. The third-order valence-electron chi connectivity index (χ3n) is 4.00. The molecule has 3 rings (SSSR count). The molecule has 0 saturated carbocycles. The average molecular weight is 380 g/mol. The molecule has 6 heteroatoms. The van der Waals surface area contributed by atoms with Crippen LogP contribution in [0.15, 0.2) is 73.1 Å². The number of aromatic nitrogens is 1. The Balaban J connectivity index is 1.69. The van der Waals surface area contributed by atoms with E-state index in [1.165, 1.54) is 6.20 Å². The summed E-state index contributed by atoms with van der Waals surface area (Å²) in [5, 5.41) is 6.32. The number of rotatable bonds is 5. The van der Waals surface area contributed by atoms with Gasteiger partial charge < -0.3 is 10.6 Å². The number of pyridine rings is 1. The van der Waals surface area contributed by atoms with Crippen molar-refractivity contribution in [1.82, 2.24) is 10.3 Å². The predicted molar refractivity (Wildman–Crippen MR) is 106 cm³/mol. The highest BCUT2D eigenvalue weighted by atomic mass is 35.5. The second-order valence-electron chi connectivity index (χ2n) is 6.03. The molecule has 0 aliphatic rings. The first-order valence-electron chi connectivity index (χ1n) is 8.41. The number of hydrogen-bond donors (Lipinski definition) is 2. The van der Waals surface area contributed by atoms with E-state index in [9.17, 15) is 9.59 Å². The van der Waals surface area contributed by atoms with Gasteiger partial charge in [0.1, 0.15) is 0 Å². The van der Waals surface area contributed by atoms with Gasteiger partial charge in [0, 0.05) is 28.7 Å². The van der Waals surface area contributed by atoms with Crippen LogP contribution in [0.4, 0.5) is 5.69 Å². The minimum Gasteiger partial charge on any atom is -0.346 e. The molecule has 1 unspecified atom stereocenters. The molecular weight excluding hydrogens is 362 g/mol. The van der Waals surface area contributed by atoms with E-state index in [0.717, 1.165) is 5.56 Å². The number of carbonyl (C=O) groups is 2. The van der Waals surface area contributed by atoms with E-state index in [0.29, 0.717) is 21.8 Å². The molecule has 0 aliphatic heterocycles. The number of nitrogens with one attached hydrogen (secondary N) is 2. The molecule has 2 aromatic carbocycles. The summed E-state index contributed by atoms with van der Waals surface area (Å²) in [5.41, 5.74) is 2.35. The maximum atomic E-state index is 12.6. The van der Waals surface area contributed by atoms with Crippen LogP contribution in [0.25, 0.3) is 0 Å². The van der Waals surface area contributed by atoms with Crippen LogP contribution in [0.2, 0.25) is 5.02 Å². The molecule has 2 N–H and O–H groups in total. The van der Waals surface area contributed by atoms with Gasteiger partial charge in [0.15, 0.2) is 0 Å². The van der Waals surface area contributed by atoms with Gasteiger partial charge in [-0.3, -0.25) is 14.6 Å². The highest BCUT2D eigenvalue weighted by molar-refractivity contribution is 6.30. The summed E-state index contributed by atoms with van der Waals surface area (Å²) in [7, 11) is 0. The standard InChI is InChI=1S/C21H18ClN3O2/c1-14(15-5-2-8-18(22)11-15)24-20(26)16-6-3-9-19(12-16)25-21(27)17-7-4-10-23-13-17/h2-14H,1H3,(H,24,26)(H,25,27). The summed E-state index contributed by atoms with van der Waals surface area (Å²) in [6.07, 6.45) is 3.08. The summed E-state index contributed by atoms with van der Waals surface area (Å²) < 4.78 is 0. The Kier molecular flexibility index (Phi) is 5.84. The van der Waals surface area contributed by atoms with Crippen LogP contribution in [0.3, 0.4) is 0 Å². The lowest BCUT2D eigenvalue weighted by Gasteiger charge is -2.15. The molecule has 0 aliphatic carbocycles. The molecule has 0 saturated heterocycles. The first kappa shape index (κ1) is 18.6. The molecule has 1 heterocycles. The van der Waals surface area contributed by atoms with Crippen LogP contribution in [0.5, 0.6) is 0 Å². The largest absolute Gasteiger partial charge is 0.346 e. The van der Waals surface area contributed by atoms with Gasteiger partial charge in [-0.25, -0.2) is 0 Å². The lowest BCUT2D eigenvalue weighted by molar-refractivity contribution is 0.0938. The van der Waals surface area contributed by atoms with Crippen molar-refractivity contribution in [2.24, 2.45) is 0 Å². The van der Waals surface area contributed by atoms with Crippen molar-refractivity contribution >= 4 is 29.1 Å². The average Bonchev–Trinajstić information content (AvgIpc) is 2.68. The van der Waals surface area contributed by atoms with Crippen molar-refractivity contribution in [3.05, 3.63) is 94.8 Å². The van der Waals surface area contributed by atoms with Gasteiger partial charge in [-0.15, -0.1) is 0 Å². The van der Waals surface area contributed by atoms with Crippen LogP contribution in [0.1, 0.15) is 39.2 Å². The van der Waals surface area contributed by atoms with Crippen LogP contribution in [-0.4, -0.2) is 16.8 Å². The van der Waals surface area contributed by atoms with Gasteiger partial charge in [-0.05, 0) is 55.0 Å². The van der Waals surface area contributed by atoms with Crippen molar-refractivity contribution in [2.75, 3.05) is 5.32 Å². The summed E-state index contributed by atoms with van der Waals surface area (Å²) in [5.74, 6) is -0.520. The lowest BCUT2D eigenvalue weighted by Crippen LogP contribution is -2.26. The van der Waals surface area contributed by atoms with E-state index in [1.807, 2.05) is 25.1 Å². The Morgan fingerprint density at radius 2 is 1.74 bits per heavy atom. The predicted octanol–water partition coefficient (Wildman–Crippen LogP) is 4.48. The summed E-state index contributed by atoms with van der Waals surface area (Å²) in [6.45, 7) is 1.89. The smallest absolute Gasteiger partial charge is 0.257 e. The van der Waals surface area contributed by atoms with Crippen LogP contribution in [0, 0.1) is 0 Å². The van der Waals surface area contributed by atoms with E-state index < -0.39 is 0 Å². The van der Waals surface area contributed by atoms with Crippen molar-refractivity contribution in [1.29, 1.82) is 0 Å². The number of benzene rings is 2. The van der Waals surface area contributed by atoms with Crippen molar-refractivity contribution in [3.8, 4) is 0 Å². The molecule has 1 atom stereocenters. The zero-order chi connectivity index (χ0) is 19.2. The fourth-order valence-electron chi connectivity index (χ4n) is 2.58. The van der Waals surface area contributed by atoms with Crippen molar-refractivity contribution < 1.29 is 9.59 Å². The Labute approximate surface area is 162 Å². The minimum atomic E-state index is -0.284. The van der Waals surface area contributed by atoms with Crippen molar-refractivity contribution in [3.63, 3.8) is 0 Å². The van der Waals surface area contributed by atoms with Crippen LogP contribution >= 0.6 is 11.6 Å².